The topological polar surface area (TPSA) is 87.3 Å². The highest BCUT2D eigenvalue weighted by Gasteiger charge is 2.25. The lowest BCUT2D eigenvalue weighted by atomic mass is 9.88. The molecule has 0 fully saturated rings. The molecule has 0 spiro atoms. The minimum absolute atomic E-state index is 0.127. The van der Waals surface area contributed by atoms with Gasteiger partial charge in [-0.1, -0.05) is 56.7 Å². The van der Waals surface area contributed by atoms with Gasteiger partial charge in [-0.2, -0.15) is 5.90 Å². The molecule has 4 nitrogen and oxygen atoms in total. The van der Waals surface area contributed by atoms with E-state index in [1.165, 1.54) is 0 Å². The van der Waals surface area contributed by atoms with Crippen LogP contribution in [-0.2, 0) is 4.84 Å². The number of unbranched alkanes of at least 4 members (excludes halogenated alkanes) is 1. The largest absolute Gasteiger partial charge is 0.393 e. The van der Waals surface area contributed by atoms with Crippen molar-refractivity contribution >= 4 is 0 Å². The van der Waals surface area contributed by atoms with Gasteiger partial charge in [-0.15, -0.1) is 0 Å². The van der Waals surface area contributed by atoms with Gasteiger partial charge < -0.3 is 16.3 Å². The van der Waals surface area contributed by atoms with Gasteiger partial charge in [0.15, 0.2) is 0 Å². The molecule has 0 aromatic carbocycles. The molecule has 108 valence electrons. The van der Waals surface area contributed by atoms with Crippen molar-refractivity contribution in [1.29, 1.82) is 0 Å². The van der Waals surface area contributed by atoms with E-state index in [-0.39, 0.29) is 5.88 Å². The Kier molecular flexibility index (Phi) is 8.66. The summed E-state index contributed by atoms with van der Waals surface area (Å²) in [7, 11) is 0. The van der Waals surface area contributed by atoms with E-state index in [0.717, 1.165) is 19.3 Å². The average molecular weight is 265 g/mol. The smallest absolute Gasteiger partial charge is 0.214 e. The molecule has 1 unspecified atom stereocenters. The quantitative estimate of drug-likeness (QED) is 0.272. The van der Waals surface area contributed by atoms with Crippen molar-refractivity contribution in [3.63, 3.8) is 0 Å². The molecule has 0 aromatic heterocycles. The van der Waals surface area contributed by atoms with Crippen LogP contribution in [-0.4, -0.2) is 5.54 Å². The molecule has 4 heteroatoms. The summed E-state index contributed by atoms with van der Waals surface area (Å²) in [5.74, 6) is 5.29. The minimum Gasteiger partial charge on any atom is -0.393 e. The van der Waals surface area contributed by atoms with E-state index in [1.807, 2.05) is 43.4 Å². The molecule has 0 aliphatic carbocycles. The second kappa shape index (κ2) is 9.42. The molecule has 0 saturated carbocycles. The maximum Gasteiger partial charge on any atom is 0.214 e. The lowest BCUT2D eigenvalue weighted by molar-refractivity contribution is 0.212. The Hall–Kier alpha value is -1.52. The molecule has 1 atom stereocenters. The van der Waals surface area contributed by atoms with Gasteiger partial charge in [0.25, 0.3) is 0 Å². The van der Waals surface area contributed by atoms with Gasteiger partial charge in [-0.25, -0.2) is 0 Å². The van der Waals surface area contributed by atoms with Crippen LogP contribution in [0.25, 0.3) is 0 Å². The van der Waals surface area contributed by atoms with Crippen LogP contribution < -0.4 is 17.4 Å². The third-order valence-electron chi connectivity index (χ3n) is 2.67. The predicted octanol–water partition coefficient (Wildman–Crippen LogP) is 2.64. The van der Waals surface area contributed by atoms with Gasteiger partial charge >= 0.3 is 0 Å². The lowest BCUT2D eigenvalue weighted by Crippen LogP contribution is -2.39. The molecule has 19 heavy (non-hydrogen) atoms. The van der Waals surface area contributed by atoms with E-state index in [4.69, 9.17) is 17.4 Å². The van der Waals surface area contributed by atoms with Gasteiger partial charge in [0.05, 0.1) is 5.54 Å². The Morgan fingerprint density at radius 2 is 1.84 bits per heavy atom. The maximum absolute atomic E-state index is 6.43. The van der Waals surface area contributed by atoms with E-state index in [0.29, 0.717) is 5.57 Å². The highest BCUT2D eigenvalue weighted by atomic mass is 16.6. The third kappa shape index (κ3) is 5.77. The Balaban J connectivity index is 5.59. The lowest BCUT2D eigenvalue weighted by Gasteiger charge is -2.25. The molecule has 0 rings (SSSR count). The SMILES string of the molecule is CC=CC(=C(N)ON)C(N)(C=CCC)C=CCCC. The fraction of sp³-hybridized carbons (Fsp3) is 0.467. The number of allylic oxidation sites excluding steroid dienone is 3. The van der Waals surface area contributed by atoms with Gasteiger partial charge in [0.1, 0.15) is 0 Å². The molecule has 0 radical (unpaired) electrons. The maximum atomic E-state index is 6.43. The first-order valence-electron chi connectivity index (χ1n) is 6.69. The highest BCUT2D eigenvalue weighted by Crippen LogP contribution is 2.22. The Morgan fingerprint density at radius 1 is 1.21 bits per heavy atom. The first-order chi connectivity index (χ1) is 9.05. The molecule has 0 aliphatic rings. The van der Waals surface area contributed by atoms with Crippen molar-refractivity contribution in [2.75, 3.05) is 0 Å². The summed E-state index contributed by atoms with van der Waals surface area (Å²) in [6.45, 7) is 6.06. The van der Waals surface area contributed by atoms with Crippen molar-refractivity contribution in [3.05, 3.63) is 47.9 Å². The standard InChI is InChI=1S/C15H27N3O/c1-4-7-9-12-15(17,11-8-5-2)13(10-6-3)14(16)19-18/h6,8-12H,4-5,7,16-18H2,1-3H3. The summed E-state index contributed by atoms with van der Waals surface area (Å²) in [5, 5.41) is 0. The molecular weight excluding hydrogens is 238 g/mol. The fourth-order valence-corrected chi connectivity index (χ4v) is 1.66. The van der Waals surface area contributed by atoms with E-state index < -0.39 is 5.54 Å². The summed E-state index contributed by atoms with van der Waals surface area (Å²) < 4.78 is 0. The van der Waals surface area contributed by atoms with Crippen molar-refractivity contribution in [2.45, 2.75) is 45.6 Å². The van der Waals surface area contributed by atoms with E-state index >= 15 is 0 Å². The number of hydrogen-bond donors (Lipinski definition) is 3. The van der Waals surface area contributed by atoms with Crippen molar-refractivity contribution in [2.24, 2.45) is 17.4 Å². The van der Waals surface area contributed by atoms with Crippen LogP contribution in [0.3, 0.4) is 0 Å². The van der Waals surface area contributed by atoms with Gasteiger partial charge in [-0.05, 0) is 19.8 Å². The first kappa shape index (κ1) is 17.5. The fourth-order valence-electron chi connectivity index (χ4n) is 1.66. The molecule has 0 aromatic rings. The molecule has 6 N–H and O–H groups in total. The first-order valence-corrected chi connectivity index (χ1v) is 6.69. The van der Waals surface area contributed by atoms with Crippen LogP contribution in [0.5, 0.6) is 0 Å². The number of rotatable bonds is 8. The normalized spacial score (nSPS) is 17.1. The van der Waals surface area contributed by atoms with Crippen LogP contribution in [0.1, 0.15) is 40.0 Å². The number of hydrogen-bond acceptors (Lipinski definition) is 4. The summed E-state index contributed by atoms with van der Waals surface area (Å²) in [6, 6.07) is 0. The molecule has 0 aliphatic heterocycles. The van der Waals surface area contributed by atoms with Crippen LogP contribution >= 0.6 is 0 Å². The zero-order valence-electron chi connectivity index (χ0n) is 12.2. The summed E-state index contributed by atoms with van der Waals surface area (Å²) in [4.78, 5) is 4.66. The van der Waals surface area contributed by atoms with Crippen LogP contribution in [0.15, 0.2) is 47.9 Å². The summed E-state index contributed by atoms with van der Waals surface area (Å²) >= 11 is 0. The van der Waals surface area contributed by atoms with Gasteiger partial charge in [-0.3, -0.25) is 0 Å². The van der Waals surface area contributed by atoms with Gasteiger partial charge in [0, 0.05) is 5.57 Å². The number of nitrogens with two attached hydrogens (primary N) is 3. The van der Waals surface area contributed by atoms with E-state index in [1.54, 1.807) is 0 Å². The van der Waals surface area contributed by atoms with E-state index in [2.05, 4.69) is 18.7 Å². The third-order valence-corrected chi connectivity index (χ3v) is 2.67. The van der Waals surface area contributed by atoms with Crippen LogP contribution in [0, 0.1) is 0 Å². The molecule has 0 saturated heterocycles. The van der Waals surface area contributed by atoms with Crippen molar-refractivity contribution in [3.8, 4) is 0 Å². The minimum atomic E-state index is -0.804. The predicted molar refractivity (Wildman–Crippen MR) is 81.7 cm³/mol. The zero-order chi connectivity index (χ0) is 14.7. The van der Waals surface area contributed by atoms with Crippen molar-refractivity contribution in [1.82, 2.24) is 0 Å². The van der Waals surface area contributed by atoms with Gasteiger partial charge in [0.2, 0.25) is 5.88 Å². The molecule has 0 amide bonds. The van der Waals surface area contributed by atoms with Crippen LogP contribution in [0.4, 0.5) is 0 Å². The summed E-state index contributed by atoms with van der Waals surface area (Å²) in [5.41, 5.74) is 12.1. The molecular formula is C15H27N3O. The average Bonchev–Trinajstić information content (AvgIpc) is 2.42. The Morgan fingerprint density at radius 3 is 2.32 bits per heavy atom. The van der Waals surface area contributed by atoms with Crippen LogP contribution in [0.2, 0.25) is 0 Å². The zero-order valence-corrected chi connectivity index (χ0v) is 12.2. The Labute approximate surface area is 116 Å². The second-order valence-corrected chi connectivity index (χ2v) is 4.33. The van der Waals surface area contributed by atoms with Crippen molar-refractivity contribution < 1.29 is 4.84 Å². The molecule has 0 heterocycles. The highest BCUT2D eigenvalue weighted by molar-refractivity contribution is 5.43. The Bertz CT molecular complexity index is 370. The second-order valence-electron chi connectivity index (χ2n) is 4.33. The monoisotopic (exact) mass is 265 g/mol. The molecule has 0 bridgehead atoms. The van der Waals surface area contributed by atoms with E-state index in [9.17, 15) is 0 Å². The summed E-state index contributed by atoms with van der Waals surface area (Å²) in [6.07, 6.45) is 14.5.